The highest BCUT2D eigenvalue weighted by Gasteiger charge is 2.21. The topological polar surface area (TPSA) is 8.17 Å². The summed E-state index contributed by atoms with van der Waals surface area (Å²) in [6.07, 6.45) is 0. The monoisotopic (exact) mass is 764 g/mol. The van der Waals surface area contributed by atoms with Crippen LogP contribution in [0, 0.1) is 0 Å². The van der Waals surface area contributed by atoms with Gasteiger partial charge in [-0.05, 0) is 86.8 Å². The molecule has 10 aromatic carbocycles. The van der Waals surface area contributed by atoms with E-state index < -0.39 is 0 Å². The molecule has 11 aromatic rings. The van der Waals surface area contributed by atoms with Gasteiger partial charge >= 0.3 is 0 Å². The predicted octanol–water partition coefficient (Wildman–Crippen LogP) is 16.1. The summed E-state index contributed by atoms with van der Waals surface area (Å²) in [4.78, 5) is 2.41. The molecule has 0 amide bonds. The number of hydrogen-bond donors (Lipinski definition) is 0. The minimum atomic E-state index is 1.08. The van der Waals surface area contributed by atoms with Crippen LogP contribution in [0.25, 0.3) is 82.8 Å². The van der Waals surface area contributed by atoms with E-state index in [2.05, 4.69) is 252 Å². The van der Waals surface area contributed by atoms with Gasteiger partial charge in [0.05, 0.1) is 16.7 Å². The van der Waals surface area contributed by atoms with E-state index in [1.807, 2.05) is 0 Å². The molecule has 60 heavy (non-hydrogen) atoms. The summed E-state index contributed by atoms with van der Waals surface area (Å²) in [5.41, 5.74) is 16.3. The smallest absolute Gasteiger partial charge is 0.0618 e. The van der Waals surface area contributed by atoms with Gasteiger partial charge in [-0.3, -0.25) is 0 Å². The Bertz CT molecular complexity index is 3290. The molecule has 11 rings (SSSR count). The molecule has 0 fully saturated rings. The second-order valence-corrected chi connectivity index (χ2v) is 15.3. The Labute approximate surface area is 350 Å². The molecule has 0 unspecified atom stereocenters. The fraction of sp³-hybridized carbons (Fsp3) is 0. The minimum Gasteiger partial charge on any atom is -0.310 e. The van der Waals surface area contributed by atoms with E-state index in [0.29, 0.717) is 0 Å². The van der Waals surface area contributed by atoms with Crippen molar-refractivity contribution in [1.82, 2.24) is 4.57 Å². The molecule has 0 bridgehead atoms. The molecule has 1 aromatic heterocycles. The van der Waals surface area contributed by atoms with Crippen LogP contribution in [0.5, 0.6) is 0 Å². The maximum Gasteiger partial charge on any atom is 0.0618 e. The van der Waals surface area contributed by atoms with Crippen molar-refractivity contribution in [3.05, 3.63) is 243 Å². The van der Waals surface area contributed by atoms with Gasteiger partial charge in [0, 0.05) is 38.8 Å². The summed E-state index contributed by atoms with van der Waals surface area (Å²) < 4.78 is 2.50. The maximum atomic E-state index is 2.50. The van der Waals surface area contributed by atoms with Gasteiger partial charge in [0.1, 0.15) is 0 Å². The van der Waals surface area contributed by atoms with E-state index in [0.717, 1.165) is 28.1 Å². The third kappa shape index (κ3) is 6.23. The van der Waals surface area contributed by atoms with Crippen molar-refractivity contribution < 1.29 is 0 Å². The molecule has 0 spiro atoms. The Morgan fingerprint density at radius 1 is 0.267 bits per heavy atom. The molecule has 0 saturated heterocycles. The summed E-state index contributed by atoms with van der Waals surface area (Å²) in [7, 11) is 0. The molecule has 0 saturated carbocycles. The van der Waals surface area contributed by atoms with Crippen LogP contribution in [0.2, 0.25) is 0 Å². The zero-order valence-corrected chi connectivity index (χ0v) is 33.0. The lowest BCUT2D eigenvalue weighted by molar-refractivity contribution is 1.19. The number of benzene rings is 10. The average Bonchev–Trinajstić information content (AvgIpc) is 3.65. The van der Waals surface area contributed by atoms with E-state index in [1.54, 1.807) is 0 Å². The van der Waals surface area contributed by atoms with Crippen LogP contribution in [0.4, 0.5) is 17.1 Å². The Hall–Kier alpha value is -7.94. The molecule has 0 aliphatic heterocycles. The first-order chi connectivity index (χ1) is 29.8. The van der Waals surface area contributed by atoms with Gasteiger partial charge in [-0.15, -0.1) is 0 Å². The number of anilines is 3. The van der Waals surface area contributed by atoms with E-state index >= 15 is 0 Å². The van der Waals surface area contributed by atoms with Gasteiger partial charge < -0.3 is 9.47 Å². The highest BCUT2D eigenvalue weighted by molar-refractivity contribution is 6.13. The third-order valence-electron chi connectivity index (χ3n) is 11.8. The zero-order chi connectivity index (χ0) is 39.8. The van der Waals surface area contributed by atoms with Crippen molar-refractivity contribution in [1.29, 1.82) is 0 Å². The van der Waals surface area contributed by atoms with Crippen molar-refractivity contribution in [3.8, 4) is 50.2 Å². The van der Waals surface area contributed by atoms with Crippen LogP contribution < -0.4 is 4.90 Å². The molecule has 282 valence electrons. The van der Waals surface area contributed by atoms with Crippen LogP contribution in [-0.4, -0.2) is 4.57 Å². The summed E-state index contributed by atoms with van der Waals surface area (Å²) in [6.45, 7) is 0. The predicted molar refractivity (Wildman–Crippen MR) is 255 cm³/mol. The second-order valence-electron chi connectivity index (χ2n) is 15.3. The quantitative estimate of drug-likeness (QED) is 0.150. The standard InChI is InChI=1S/C58H40N2/c1-4-17-41(18-5-1)42-31-34-47(35-32-42)59(48-25-16-24-46(39-48)51-27-13-12-26-50(51)43-19-6-2-7-20-43)49-36-38-55-54-29-14-15-30-56(54)60(57(55)40-49)58-52-28-11-10-23-45(52)33-37-53(58)44-21-8-3-9-22-44/h1-40H. The van der Waals surface area contributed by atoms with Gasteiger partial charge in [-0.25, -0.2) is 0 Å². The number of para-hydroxylation sites is 1. The van der Waals surface area contributed by atoms with Gasteiger partial charge in [0.25, 0.3) is 0 Å². The Balaban J connectivity index is 1.15. The number of hydrogen-bond acceptors (Lipinski definition) is 1. The van der Waals surface area contributed by atoms with E-state index in [9.17, 15) is 0 Å². The molecule has 0 N–H and O–H groups in total. The van der Waals surface area contributed by atoms with Gasteiger partial charge in [-0.2, -0.15) is 0 Å². The maximum absolute atomic E-state index is 2.50. The average molecular weight is 765 g/mol. The lowest BCUT2D eigenvalue weighted by atomic mass is 9.94. The van der Waals surface area contributed by atoms with E-state index in [4.69, 9.17) is 0 Å². The number of nitrogens with zero attached hydrogens (tertiary/aromatic N) is 2. The first-order valence-electron chi connectivity index (χ1n) is 20.6. The number of aromatic nitrogens is 1. The van der Waals surface area contributed by atoms with Crippen molar-refractivity contribution in [2.24, 2.45) is 0 Å². The lowest BCUT2D eigenvalue weighted by Gasteiger charge is -2.27. The van der Waals surface area contributed by atoms with Crippen molar-refractivity contribution in [3.63, 3.8) is 0 Å². The summed E-state index contributed by atoms with van der Waals surface area (Å²) in [6, 6.07) is 87.9. The van der Waals surface area contributed by atoms with Crippen LogP contribution >= 0.6 is 0 Å². The Morgan fingerprint density at radius 2 is 0.783 bits per heavy atom. The summed E-state index contributed by atoms with van der Waals surface area (Å²) in [5, 5.41) is 4.86. The van der Waals surface area contributed by atoms with Crippen LogP contribution in [0.3, 0.4) is 0 Å². The summed E-state index contributed by atoms with van der Waals surface area (Å²) in [5.74, 6) is 0. The highest BCUT2D eigenvalue weighted by Crippen LogP contribution is 2.44. The van der Waals surface area contributed by atoms with Gasteiger partial charge in [-0.1, -0.05) is 200 Å². The molecule has 1 heterocycles. The van der Waals surface area contributed by atoms with Gasteiger partial charge in [0.2, 0.25) is 0 Å². The minimum absolute atomic E-state index is 1.08. The molecule has 2 nitrogen and oxygen atoms in total. The Morgan fingerprint density at radius 3 is 1.52 bits per heavy atom. The second kappa shape index (κ2) is 15.1. The van der Waals surface area contributed by atoms with Crippen LogP contribution in [0.1, 0.15) is 0 Å². The van der Waals surface area contributed by atoms with Crippen molar-refractivity contribution in [2.75, 3.05) is 4.90 Å². The third-order valence-corrected chi connectivity index (χ3v) is 11.8. The molecule has 0 atom stereocenters. The SMILES string of the molecule is c1ccc(-c2ccc(N(c3cccc(-c4ccccc4-c4ccccc4)c3)c3ccc4c5ccccc5n(-c5c(-c6ccccc6)ccc6ccccc56)c4c3)cc2)cc1. The van der Waals surface area contributed by atoms with Crippen molar-refractivity contribution in [2.45, 2.75) is 0 Å². The largest absolute Gasteiger partial charge is 0.310 e. The highest BCUT2D eigenvalue weighted by atomic mass is 15.1. The number of fused-ring (bicyclic) bond motifs is 4. The fourth-order valence-electron chi connectivity index (χ4n) is 8.98. The van der Waals surface area contributed by atoms with Gasteiger partial charge in [0.15, 0.2) is 0 Å². The number of rotatable bonds is 8. The van der Waals surface area contributed by atoms with Crippen LogP contribution in [-0.2, 0) is 0 Å². The first kappa shape index (κ1) is 35.2. The molecular weight excluding hydrogens is 725 g/mol. The molecule has 0 aliphatic carbocycles. The lowest BCUT2D eigenvalue weighted by Crippen LogP contribution is -2.10. The van der Waals surface area contributed by atoms with E-state index in [1.165, 1.54) is 71.7 Å². The normalized spacial score (nSPS) is 11.3. The molecule has 0 aliphatic rings. The summed E-state index contributed by atoms with van der Waals surface area (Å²) >= 11 is 0. The van der Waals surface area contributed by atoms with Crippen LogP contribution in [0.15, 0.2) is 243 Å². The Kier molecular flexibility index (Phi) is 8.87. The zero-order valence-electron chi connectivity index (χ0n) is 33.0. The molecule has 2 heteroatoms. The fourth-order valence-corrected chi connectivity index (χ4v) is 8.98. The van der Waals surface area contributed by atoms with E-state index in [-0.39, 0.29) is 0 Å². The molecular formula is C58H40N2. The van der Waals surface area contributed by atoms with Crippen molar-refractivity contribution >= 4 is 49.6 Å². The first-order valence-corrected chi connectivity index (χ1v) is 20.6. The molecule has 0 radical (unpaired) electrons.